The quantitative estimate of drug-likeness (QED) is 0.239. The number of rotatable bonds is 9. The summed E-state index contributed by atoms with van der Waals surface area (Å²) in [5.41, 5.74) is 1.69. The lowest BCUT2D eigenvalue weighted by atomic mass is 10.2. The summed E-state index contributed by atoms with van der Waals surface area (Å²) < 4.78 is 21.7. The predicted octanol–water partition coefficient (Wildman–Crippen LogP) is 5.99. The number of nitrogens with zero attached hydrogens (tertiary/aromatic N) is 1. The van der Waals surface area contributed by atoms with Crippen LogP contribution in [0.25, 0.3) is 0 Å². The Morgan fingerprint density at radius 1 is 0.850 bits per heavy atom. The van der Waals surface area contributed by atoms with Crippen LogP contribution < -0.4 is 20.5 Å². The molecule has 0 aliphatic carbocycles. The molecule has 40 heavy (non-hydrogen) atoms. The molecule has 0 unspecified atom stereocenters. The summed E-state index contributed by atoms with van der Waals surface area (Å²) in [6.07, 6.45) is 3.33. The van der Waals surface area contributed by atoms with E-state index in [4.69, 9.17) is 13.9 Å². The Morgan fingerprint density at radius 3 is 2.00 bits per heavy atom. The first-order chi connectivity index (χ1) is 19.3. The third-order valence-electron chi connectivity index (χ3n) is 7.85. The Bertz CT molecular complexity index is 1410. The largest absolute Gasteiger partial charge is 0.483 e. The van der Waals surface area contributed by atoms with Crippen LogP contribution >= 0.6 is 0 Å². The van der Waals surface area contributed by atoms with Crippen molar-refractivity contribution in [2.75, 3.05) is 6.61 Å². The van der Waals surface area contributed by atoms with E-state index in [-0.39, 0.29) is 22.8 Å². The minimum absolute atomic E-state index is 0.0424. The second-order valence-corrected chi connectivity index (χ2v) is 15.8. The van der Waals surface area contributed by atoms with E-state index in [1.165, 1.54) is 10.4 Å². The minimum atomic E-state index is -2.64. The molecule has 2 atom stereocenters. The number of hydrogen-bond donors (Lipinski definition) is 0. The lowest BCUT2D eigenvalue weighted by Gasteiger charge is -2.43. The lowest BCUT2D eigenvalue weighted by molar-refractivity contribution is -0.0207. The third-order valence-corrected chi connectivity index (χ3v) is 12.9. The van der Waals surface area contributed by atoms with Crippen molar-refractivity contribution in [3.05, 3.63) is 125 Å². The molecular weight excluding hydrogens is 514 g/mol. The summed E-state index contributed by atoms with van der Waals surface area (Å²) in [6.45, 7) is 9.66. The van der Waals surface area contributed by atoms with Gasteiger partial charge < -0.3 is 18.5 Å². The molecule has 1 fully saturated rings. The van der Waals surface area contributed by atoms with Gasteiger partial charge in [0.2, 0.25) is 5.43 Å². The van der Waals surface area contributed by atoms with Gasteiger partial charge in [-0.3, -0.25) is 4.79 Å². The van der Waals surface area contributed by atoms with E-state index < -0.39 is 8.32 Å². The van der Waals surface area contributed by atoms with Gasteiger partial charge in [0.1, 0.15) is 12.8 Å². The first kappa shape index (κ1) is 28.1. The van der Waals surface area contributed by atoms with Crippen molar-refractivity contribution in [1.82, 2.24) is 4.57 Å². The van der Waals surface area contributed by atoms with E-state index in [9.17, 15) is 4.79 Å². The van der Waals surface area contributed by atoms with Crippen LogP contribution in [0.4, 0.5) is 0 Å². The second-order valence-electron chi connectivity index (χ2n) is 11.5. The van der Waals surface area contributed by atoms with Crippen LogP contribution in [0.5, 0.6) is 5.75 Å². The van der Waals surface area contributed by atoms with Gasteiger partial charge >= 0.3 is 0 Å². The highest BCUT2D eigenvalue weighted by Gasteiger charge is 2.50. The molecule has 208 valence electrons. The minimum Gasteiger partial charge on any atom is -0.483 e. The zero-order valence-corrected chi connectivity index (χ0v) is 24.9. The molecule has 0 amide bonds. The Hall–Kier alpha value is -3.45. The molecule has 1 aliphatic heterocycles. The van der Waals surface area contributed by atoms with Crippen molar-refractivity contribution in [1.29, 1.82) is 0 Å². The lowest BCUT2D eigenvalue weighted by Crippen LogP contribution is -2.67. The average molecular weight is 554 g/mol. The summed E-state index contributed by atoms with van der Waals surface area (Å²) in [7, 11) is -2.64. The van der Waals surface area contributed by atoms with Crippen LogP contribution in [0, 0.1) is 6.92 Å². The van der Waals surface area contributed by atoms with Gasteiger partial charge in [-0.25, -0.2) is 0 Å². The number of benzene rings is 3. The van der Waals surface area contributed by atoms with Gasteiger partial charge in [-0.1, -0.05) is 112 Å². The molecule has 0 N–H and O–H groups in total. The van der Waals surface area contributed by atoms with Crippen LogP contribution in [-0.2, 0) is 15.8 Å². The number of hydrogen-bond acceptors (Lipinski definition) is 4. The fourth-order valence-electron chi connectivity index (χ4n) is 5.84. The molecule has 2 heterocycles. The van der Waals surface area contributed by atoms with Crippen molar-refractivity contribution in [3.8, 4) is 5.75 Å². The summed E-state index contributed by atoms with van der Waals surface area (Å²) in [5, 5.41) is 2.44. The first-order valence-electron chi connectivity index (χ1n) is 14.1. The molecule has 1 saturated heterocycles. The van der Waals surface area contributed by atoms with Crippen molar-refractivity contribution < 1.29 is 13.9 Å². The van der Waals surface area contributed by atoms with Crippen molar-refractivity contribution >= 4 is 18.7 Å². The fraction of sp³-hybridized carbons (Fsp3) is 0.324. The van der Waals surface area contributed by atoms with Crippen molar-refractivity contribution in [2.24, 2.45) is 0 Å². The van der Waals surface area contributed by atoms with E-state index in [1.807, 2.05) is 48.0 Å². The molecule has 0 saturated carbocycles. The molecule has 1 aromatic heterocycles. The molecule has 3 aromatic carbocycles. The molecule has 5 nitrogen and oxygen atoms in total. The zero-order chi connectivity index (χ0) is 28.2. The number of aromatic nitrogens is 1. The maximum atomic E-state index is 12.7. The van der Waals surface area contributed by atoms with Crippen molar-refractivity contribution in [2.45, 2.75) is 64.5 Å². The SMILES string of the molecule is Cc1c(OCc2ccccc2)c(=O)ccn1[C@@H]1CC[C@@H](CO[Si](c2ccccc2)(c2ccccc2)C(C)(C)C)O1. The van der Waals surface area contributed by atoms with Gasteiger partial charge in [0.25, 0.3) is 8.32 Å². The molecular formula is C34H39NO4Si. The van der Waals surface area contributed by atoms with Gasteiger partial charge in [0.05, 0.1) is 18.4 Å². The smallest absolute Gasteiger partial charge is 0.261 e. The standard InChI is InChI=1S/C34H39NO4Si/c1-26-33(37-24-27-14-8-5-9-15-27)31(36)22-23-35(26)32-21-20-28(39-32)25-38-40(34(2,3)4,29-16-10-6-11-17-29)30-18-12-7-13-19-30/h5-19,22-23,28,32H,20-21,24-25H2,1-4H3/t28-,32-/m0/s1. The average Bonchev–Trinajstić information content (AvgIpc) is 3.43. The highest BCUT2D eigenvalue weighted by molar-refractivity contribution is 6.99. The third kappa shape index (κ3) is 5.71. The molecule has 5 rings (SSSR count). The highest BCUT2D eigenvalue weighted by atomic mass is 28.4. The molecule has 0 spiro atoms. The molecule has 6 heteroatoms. The van der Waals surface area contributed by atoms with Crippen LogP contribution in [0.1, 0.15) is 51.1 Å². The Labute approximate surface area is 238 Å². The van der Waals surface area contributed by atoms with E-state index in [1.54, 1.807) is 6.07 Å². The van der Waals surface area contributed by atoms with Crippen molar-refractivity contribution in [3.63, 3.8) is 0 Å². The Balaban J connectivity index is 1.35. The Kier molecular flexibility index (Phi) is 8.40. The summed E-state index contributed by atoms with van der Waals surface area (Å²) in [4.78, 5) is 12.7. The van der Waals surface area contributed by atoms with Crippen LogP contribution in [-0.4, -0.2) is 25.6 Å². The van der Waals surface area contributed by atoms with Gasteiger partial charge in [-0.05, 0) is 40.7 Å². The van der Waals surface area contributed by atoms with Crippen LogP contribution in [0.3, 0.4) is 0 Å². The normalized spacial score (nSPS) is 17.6. The maximum Gasteiger partial charge on any atom is 0.261 e. The second kappa shape index (κ2) is 12.0. The van der Waals surface area contributed by atoms with Crippen LogP contribution in [0.2, 0.25) is 5.04 Å². The van der Waals surface area contributed by atoms with Gasteiger partial charge in [0.15, 0.2) is 5.75 Å². The maximum absolute atomic E-state index is 12.7. The molecule has 4 aromatic rings. The predicted molar refractivity (Wildman–Crippen MR) is 163 cm³/mol. The summed E-state index contributed by atoms with van der Waals surface area (Å²) >= 11 is 0. The molecule has 0 radical (unpaired) electrons. The summed E-state index contributed by atoms with van der Waals surface area (Å²) in [5.74, 6) is 0.377. The summed E-state index contributed by atoms with van der Waals surface area (Å²) in [6, 6.07) is 32.9. The van der Waals surface area contributed by atoms with E-state index in [0.29, 0.717) is 19.0 Å². The van der Waals surface area contributed by atoms with Gasteiger partial charge in [-0.15, -0.1) is 0 Å². The Morgan fingerprint density at radius 2 is 1.43 bits per heavy atom. The van der Waals surface area contributed by atoms with Gasteiger partial charge in [0, 0.05) is 12.3 Å². The number of pyridine rings is 1. The molecule has 1 aliphatic rings. The van der Waals surface area contributed by atoms with E-state index in [2.05, 4.69) is 81.4 Å². The van der Waals surface area contributed by atoms with E-state index in [0.717, 1.165) is 24.1 Å². The molecule has 0 bridgehead atoms. The fourth-order valence-corrected chi connectivity index (χ4v) is 10.4. The monoisotopic (exact) mass is 553 g/mol. The highest BCUT2D eigenvalue weighted by Crippen LogP contribution is 2.38. The number of ether oxygens (including phenoxy) is 2. The first-order valence-corrected chi connectivity index (χ1v) is 16.0. The van der Waals surface area contributed by atoms with Crippen LogP contribution in [0.15, 0.2) is 108 Å². The van der Waals surface area contributed by atoms with E-state index >= 15 is 0 Å². The zero-order valence-electron chi connectivity index (χ0n) is 23.9. The topological polar surface area (TPSA) is 49.7 Å². The van der Waals surface area contributed by atoms with Gasteiger partial charge in [-0.2, -0.15) is 0 Å².